The standard InChI is InChI=1S/C21H14ClNO4S/c1-26-14-8-6-13(7-9-14)23-20(24)19(28-21(23)25)12-15-10-11-18(27-15)16-4-2-3-5-17(16)22/h2-12H,1H3/b19-12+. The van der Waals surface area contributed by atoms with Gasteiger partial charge in [-0.25, -0.2) is 4.90 Å². The van der Waals surface area contributed by atoms with Gasteiger partial charge < -0.3 is 9.15 Å². The van der Waals surface area contributed by atoms with E-state index < -0.39 is 5.91 Å². The van der Waals surface area contributed by atoms with Gasteiger partial charge in [-0.15, -0.1) is 0 Å². The molecule has 1 fully saturated rings. The van der Waals surface area contributed by atoms with Gasteiger partial charge in [-0.05, 0) is 60.3 Å². The molecule has 140 valence electrons. The summed E-state index contributed by atoms with van der Waals surface area (Å²) in [5.74, 6) is 1.31. The Morgan fingerprint density at radius 3 is 2.50 bits per heavy atom. The second-order valence-electron chi connectivity index (χ2n) is 5.90. The van der Waals surface area contributed by atoms with Crippen molar-refractivity contribution in [3.63, 3.8) is 0 Å². The lowest BCUT2D eigenvalue weighted by Gasteiger charge is -2.12. The van der Waals surface area contributed by atoms with Crippen molar-refractivity contribution < 1.29 is 18.7 Å². The summed E-state index contributed by atoms with van der Waals surface area (Å²) in [5, 5.41) is 0.211. The number of hydrogen-bond donors (Lipinski definition) is 0. The Kier molecular flexibility index (Phi) is 4.98. The first-order valence-electron chi connectivity index (χ1n) is 8.33. The lowest BCUT2D eigenvalue weighted by molar-refractivity contribution is -0.113. The van der Waals surface area contributed by atoms with Crippen LogP contribution in [0.5, 0.6) is 5.75 Å². The number of thioether (sulfide) groups is 1. The number of carbonyl (C=O) groups is 2. The summed E-state index contributed by atoms with van der Waals surface area (Å²) in [4.78, 5) is 26.5. The fourth-order valence-corrected chi connectivity index (χ4v) is 3.84. The molecule has 2 amide bonds. The Labute approximate surface area is 170 Å². The van der Waals surface area contributed by atoms with Crippen molar-refractivity contribution in [2.75, 3.05) is 12.0 Å². The normalized spacial score (nSPS) is 15.5. The zero-order valence-corrected chi connectivity index (χ0v) is 16.3. The van der Waals surface area contributed by atoms with Gasteiger partial charge >= 0.3 is 0 Å². The summed E-state index contributed by atoms with van der Waals surface area (Å²) in [5.41, 5.74) is 1.25. The number of imide groups is 1. The Balaban J connectivity index is 1.60. The molecule has 3 aromatic rings. The number of ether oxygens (including phenoxy) is 1. The number of hydrogen-bond acceptors (Lipinski definition) is 5. The van der Waals surface area contributed by atoms with Crippen LogP contribution in [0.2, 0.25) is 5.02 Å². The lowest BCUT2D eigenvalue weighted by Crippen LogP contribution is -2.27. The van der Waals surface area contributed by atoms with Crippen molar-refractivity contribution >= 4 is 46.3 Å². The first-order valence-corrected chi connectivity index (χ1v) is 9.53. The summed E-state index contributed by atoms with van der Waals surface area (Å²) >= 11 is 7.07. The van der Waals surface area contributed by atoms with Gasteiger partial charge in [0.1, 0.15) is 17.3 Å². The third kappa shape index (κ3) is 3.44. The minimum Gasteiger partial charge on any atom is -0.497 e. The fraction of sp³-hybridized carbons (Fsp3) is 0.0476. The first kappa shape index (κ1) is 18.4. The van der Waals surface area contributed by atoms with E-state index >= 15 is 0 Å². The zero-order valence-electron chi connectivity index (χ0n) is 14.7. The van der Waals surface area contributed by atoms with Crippen LogP contribution in [0, 0.1) is 0 Å². The number of furan rings is 1. The largest absolute Gasteiger partial charge is 0.497 e. The number of amides is 2. The number of carbonyl (C=O) groups excluding carboxylic acids is 2. The van der Waals surface area contributed by atoms with Crippen LogP contribution < -0.4 is 9.64 Å². The first-order chi connectivity index (χ1) is 13.6. The van der Waals surface area contributed by atoms with E-state index in [0.29, 0.717) is 32.9 Å². The number of rotatable bonds is 4. The van der Waals surface area contributed by atoms with Gasteiger partial charge in [0.15, 0.2) is 0 Å². The highest BCUT2D eigenvalue weighted by molar-refractivity contribution is 8.19. The highest BCUT2D eigenvalue weighted by Gasteiger charge is 2.36. The average molecular weight is 412 g/mol. The summed E-state index contributed by atoms with van der Waals surface area (Å²) in [6.45, 7) is 0. The van der Waals surface area contributed by atoms with Gasteiger partial charge in [0.05, 0.1) is 22.7 Å². The van der Waals surface area contributed by atoms with Crippen molar-refractivity contribution in [2.45, 2.75) is 0 Å². The molecule has 4 rings (SSSR count). The summed E-state index contributed by atoms with van der Waals surface area (Å²) in [6.07, 6.45) is 1.56. The average Bonchev–Trinajstić information content (AvgIpc) is 3.27. The molecule has 0 radical (unpaired) electrons. The molecule has 0 bridgehead atoms. The SMILES string of the molecule is COc1ccc(N2C(=O)S/C(=C/c3ccc(-c4ccccc4Cl)o3)C2=O)cc1. The van der Waals surface area contributed by atoms with Gasteiger partial charge in [-0.1, -0.05) is 23.7 Å². The quantitative estimate of drug-likeness (QED) is 0.504. The molecule has 0 aliphatic carbocycles. The van der Waals surface area contributed by atoms with Crippen LogP contribution in [0.15, 0.2) is 70.0 Å². The van der Waals surface area contributed by atoms with Gasteiger partial charge in [0.2, 0.25) is 0 Å². The molecular weight excluding hydrogens is 398 g/mol. The van der Waals surface area contributed by atoms with Crippen LogP contribution in [0.1, 0.15) is 5.76 Å². The maximum Gasteiger partial charge on any atom is 0.298 e. The maximum absolute atomic E-state index is 12.7. The van der Waals surface area contributed by atoms with Crippen LogP contribution >= 0.6 is 23.4 Å². The molecule has 2 heterocycles. The number of benzene rings is 2. The van der Waals surface area contributed by atoms with E-state index in [-0.39, 0.29) is 5.24 Å². The van der Waals surface area contributed by atoms with Crippen molar-refractivity contribution in [1.82, 2.24) is 0 Å². The second-order valence-corrected chi connectivity index (χ2v) is 7.30. The molecule has 0 atom stereocenters. The third-order valence-electron chi connectivity index (χ3n) is 4.16. The van der Waals surface area contributed by atoms with Crippen LogP contribution in [-0.4, -0.2) is 18.3 Å². The molecule has 0 unspecified atom stereocenters. The Morgan fingerprint density at radius 2 is 1.79 bits per heavy atom. The molecule has 1 aromatic heterocycles. The van der Waals surface area contributed by atoms with Crippen molar-refractivity contribution in [2.24, 2.45) is 0 Å². The maximum atomic E-state index is 12.7. The Morgan fingerprint density at radius 1 is 1.04 bits per heavy atom. The van der Waals surface area contributed by atoms with E-state index in [2.05, 4.69) is 0 Å². The molecule has 1 aliphatic heterocycles. The molecule has 28 heavy (non-hydrogen) atoms. The van der Waals surface area contributed by atoms with Gasteiger partial charge in [0.25, 0.3) is 11.1 Å². The van der Waals surface area contributed by atoms with Crippen molar-refractivity contribution in [1.29, 1.82) is 0 Å². The van der Waals surface area contributed by atoms with Crippen molar-refractivity contribution in [3.8, 4) is 17.1 Å². The summed E-state index contributed by atoms with van der Waals surface area (Å²) in [6, 6.07) is 17.6. The van der Waals surface area contributed by atoms with Crippen molar-refractivity contribution in [3.05, 3.63) is 76.4 Å². The summed E-state index contributed by atoms with van der Waals surface area (Å²) in [7, 11) is 1.55. The molecule has 1 saturated heterocycles. The van der Waals surface area contributed by atoms with E-state index in [0.717, 1.165) is 22.2 Å². The highest BCUT2D eigenvalue weighted by Crippen LogP contribution is 2.37. The smallest absolute Gasteiger partial charge is 0.298 e. The monoisotopic (exact) mass is 411 g/mol. The predicted molar refractivity (Wildman–Crippen MR) is 111 cm³/mol. The Bertz CT molecular complexity index is 1090. The molecule has 0 N–H and O–H groups in total. The minimum atomic E-state index is -0.393. The van der Waals surface area contributed by atoms with Gasteiger partial charge in [-0.2, -0.15) is 0 Å². The number of halogens is 1. The van der Waals surface area contributed by atoms with E-state index in [1.807, 2.05) is 18.2 Å². The lowest BCUT2D eigenvalue weighted by atomic mass is 10.2. The number of methoxy groups -OCH3 is 1. The van der Waals surface area contributed by atoms with Crippen LogP contribution in [-0.2, 0) is 4.79 Å². The highest BCUT2D eigenvalue weighted by atomic mass is 35.5. The minimum absolute atomic E-state index is 0.292. The molecule has 2 aromatic carbocycles. The van der Waals surface area contributed by atoms with E-state index in [1.165, 1.54) is 0 Å². The van der Waals surface area contributed by atoms with E-state index in [4.69, 9.17) is 20.8 Å². The van der Waals surface area contributed by atoms with E-state index in [9.17, 15) is 9.59 Å². The van der Waals surface area contributed by atoms with Gasteiger partial charge in [-0.3, -0.25) is 9.59 Å². The molecule has 5 nitrogen and oxygen atoms in total. The molecule has 1 aliphatic rings. The van der Waals surface area contributed by atoms with Crippen LogP contribution in [0.25, 0.3) is 17.4 Å². The number of nitrogens with zero attached hydrogens (tertiary/aromatic N) is 1. The number of anilines is 1. The fourth-order valence-electron chi connectivity index (χ4n) is 2.79. The van der Waals surface area contributed by atoms with Gasteiger partial charge in [0, 0.05) is 11.6 Å². The molecule has 7 heteroatoms. The van der Waals surface area contributed by atoms with Crippen LogP contribution in [0.3, 0.4) is 0 Å². The Hall–Kier alpha value is -2.96. The second kappa shape index (κ2) is 7.58. The molecular formula is C21H14ClNO4S. The predicted octanol–water partition coefficient (Wildman–Crippen LogP) is 5.85. The van der Waals surface area contributed by atoms with E-state index in [1.54, 1.807) is 55.7 Å². The molecule has 0 spiro atoms. The third-order valence-corrected chi connectivity index (χ3v) is 5.36. The molecule has 0 saturated carbocycles. The summed E-state index contributed by atoms with van der Waals surface area (Å²) < 4.78 is 10.9. The zero-order chi connectivity index (χ0) is 19.7. The van der Waals surface area contributed by atoms with Crippen LogP contribution in [0.4, 0.5) is 10.5 Å². The topological polar surface area (TPSA) is 59.8 Å².